The smallest absolute Gasteiger partial charge is 0.507 e. The molecule has 0 aliphatic carbocycles. The molecular formula is C10H6F3NO3. The Bertz CT molecular complexity index is 568. The van der Waals surface area contributed by atoms with Crippen molar-refractivity contribution in [2.45, 2.75) is 6.36 Å². The van der Waals surface area contributed by atoms with Crippen molar-refractivity contribution in [3.8, 4) is 17.4 Å². The van der Waals surface area contributed by atoms with Gasteiger partial charge in [0.05, 0.1) is 5.52 Å². The second-order valence-corrected chi connectivity index (χ2v) is 3.23. The second kappa shape index (κ2) is 3.69. The molecule has 0 fully saturated rings. The molecule has 0 spiro atoms. The first-order chi connectivity index (χ1) is 7.85. The number of ether oxygens (including phenoxy) is 1. The second-order valence-electron chi connectivity index (χ2n) is 3.23. The van der Waals surface area contributed by atoms with E-state index in [1.54, 1.807) is 0 Å². The van der Waals surface area contributed by atoms with Gasteiger partial charge in [-0.15, -0.1) is 13.2 Å². The Morgan fingerprint density at radius 3 is 2.47 bits per heavy atom. The lowest BCUT2D eigenvalue weighted by Gasteiger charge is -2.09. The van der Waals surface area contributed by atoms with Crippen molar-refractivity contribution in [1.82, 2.24) is 4.98 Å². The average Bonchev–Trinajstić information content (AvgIpc) is 2.13. The number of hydrogen-bond acceptors (Lipinski definition) is 4. The van der Waals surface area contributed by atoms with Gasteiger partial charge in [0.15, 0.2) is 0 Å². The first-order valence-corrected chi connectivity index (χ1v) is 4.44. The number of nitrogens with zero attached hydrogens (tertiary/aromatic N) is 1. The van der Waals surface area contributed by atoms with E-state index in [2.05, 4.69) is 9.72 Å². The molecule has 0 bridgehead atoms. The van der Waals surface area contributed by atoms with Crippen LogP contribution in [0.15, 0.2) is 24.3 Å². The Morgan fingerprint density at radius 1 is 1.12 bits per heavy atom. The summed E-state index contributed by atoms with van der Waals surface area (Å²) in [4.78, 5) is 3.58. The number of fused-ring (bicyclic) bond motifs is 1. The van der Waals surface area contributed by atoms with E-state index in [0.717, 1.165) is 18.2 Å². The molecule has 1 aromatic carbocycles. The highest BCUT2D eigenvalue weighted by molar-refractivity contribution is 5.86. The van der Waals surface area contributed by atoms with Crippen LogP contribution in [-0.2, 0) is 0 Å². The van der Waals surface area contributed by atoms with Gasteiger partial charge in [-0.05, 0) is 12.1 Å². The molecule has 0 aliphatic rings. The van der Waals surface area contributed by atoms with E-state index in [0.29, 0.717) is 0 Å². The van der Waals surface area contributed by atoms with E-state index in [-0.39, 0.29) is 16.7 Å². The number of benzene rings is 1. The van der Waals surface area contributed by atoms with Gasteiger partial charge in [0.25, 0.3) is 0 Å². The molecule has 0 amide bonds. The van der Waals surface area contributed by atoms with Crippen LogP contribution in [0, 0.1) is 0 Å². The molecule has 0 radical (unpaired) electrons. The number of aromatic nitrogens is 1. The Balaban J connectivity index is 2.50. The third-order valence-corrected chi connectivity index (χ3v) is 1.98. The molecule has 2 rings (SSSR count). The highest BCUT2D eigenvalue weighted by atomic mass is 19.4. The number of alkyl halides is 3. The van der Waals surface area contributed by atoms with Crippen molar-refractivity contribution in [2.24, 2.45) is 0 Å². The quantitative estimate of drug-likeness (QED) is 0.810. The molecule has 0 unspecified atom stereocenters. The van der Waals surface area contributed by atoms with Crippen LogP contribution in [-0.4, -0.2) is 21.6 Å². The normalized spacial score (nSPS) is 11.7. The van der Waals surface area contributed by atoms with Crippen LogP contribution in [0.1, 0.15) is 0 Å². The summed E-state index contributed by atoms with van der Waals surface area (Å²) in [6.07, 6.45) is -4.80. The van der Waals surface area contributed by atoms with Crippen molar-refractivity contribution < 1.29 is 28.1 Å². The van der Waals surface area contributed by atoms with E-state index in [1.807, 2.05) is 0 Å². The fourth-order valence-electron chi connectivity index (χ4n) is 1.37. The van der Waals surface area contributed by atoms with Crippen LogP contribution in [0.3, 0.4) is 0 Å². The topological polar surface area (TPSA) is 62.6 Å². The molecule has 1 aromatic heterocycles. The SMILES string of the molecule is Oc1cc(O)c2ccc(OC(F)(F)F)cc2n1. The molecule has 0 saturated heterocycles. The molecule has 2 aromatic rings. The van der Waals surface area contributed by atoms with E-state index >= 15 is 0 Å². The molecular weight excluding hydrogens is 239 g/mol. The minimum absolute atomic E-state index is 0.00394. The Morgan fingerprint density at radius 2 is 1.82 bits per heavy atom. The monoisotopic (exact) mass is 245 g/mol. The summed E-state index contributed by atoms with van der Waals surface area (Å²) >= 11 is 0. The van der Waals surface area contributed by atoms with Crippen molar-refractivity contribution in [2.75, 3.05) is 0 Å². The van der Waals surface area contributed by atoms with Gasteiger partial charge >= 0.3 is 6.36 Å². The zero-order valence-electron chi connectivity index (χ0n) is 8.19. The number of rotatable bonds is 1. The Labute approximate surface area is 92.9 Å². The highest BCUT2D eigenvalue weighted by Gasteiger charge is 2.31. The molecule has 1 heterocycles. The predicted molar refractivity (Wildman–Crippen MR) is 51.8 cm³/mol. The van der Waals surface area contributed by atoms with Crippen LogP contribution in [0.25, 0.3) is 10.9 Å². The maximum Gasteiger partial charge on any atom is 0.573 e. The molecule has 0 saturated carbocycles. The summed E-state index contributed by atoms with van der Waals surface area (Å²) in [6.45, 7) is 0. The standard InChI is InChI=1S/C10H6F3NO3/c11-10(12,13)17-5-1-2-6-7(3-5)14-9(16)4-8(6)15/h1-4H,(H2,14,15,16). The zero-order chi connectivity index (χ0) is 12.6. The molecule has 17 heavy (non-hydrogen) atoms. The zero-order valence-corrected chi connectivity index (χ0v) is 8.19. The third-order valence-electron chi connectivity index (χ3n) is 1.98. The van der Waals surface area contributed by atoms with Crippen LogP contribution < -0.4 is 4.74 Å². The fraction of sp³-hybridized carbons (Fsp3) is 0.100. The van der Waals surface area contributed by atoms with Gasteiger partial charge in [0.2, 0.25) is 5.88 Å². The molecule has 7 heteroatoms. The minimum Gasteiger partial charge on any atom is -0.507 e. The first kappa shape index (κ1) is 11.3. The minimum atomic E-state index is -4.80. The van der Waals surface area contributed by atoms with Gasteiger partial charge in [-0.1, -0.05) is 0 Å². The van der Waals surface area contributed by atoms with E-state index in [4.69, 9.17) is 5.11 Å². The van der Waals surface area contributed by atoms with Gasteiger partial charge in [-0.3, -0.25) is 0 Å². The van der Waals surface area contributed by atoms with Crippen LogP contribution in [0.5, 0.6) is 17.4 Å². The number of hydrogen-bond donors (Lipinski definition) is 2. The predicted octanol–water partition coefficient (Wildman–Crippen LogP) is 2.54. The van der Waals surface area contributed by atoms with Gasteiger partial charge in [-0.25, -0.2) is 4.98 Å². The van der Waals surface area contributed by atoms with Crippen molar-refractivity contribution in [3.05, 3.63) is 24.3 Å². The van der Waals surface area contributed by atoms with E-state index < -0.39 is 18.0 Å². The molecule has 2 N–H and O–H groups in total. The molecule has 0 aliphatic heterocycles. The largest absolute Gasteiger partial charge is 0.573 e. The molecule has 0 atom stereocenters. The lowest BCUT2D eigenvalue weighted by Crippen LogP contribution is -2.17. The maximum atomic E-state index is 12.0. The maximum absolute atomic E-state index is 12.0. The van der Waals surface area contributed by atoms with Crippen molar-refractivity contribution >= 4 is 10.9 Å². The number of aromatic hydroxyl groups is 2. The molecule has 4 nitrogen and oxygen atoms in total. The summed E-state index contributed by atoms with van der Waals surface area (Å²) in [5.74, 6) is -1.23. The summed E-state index contributed by atoms with van der Waals surface area (Å²) in [5.41, 5.74) is 0.00394. The summed E-state index contributed by atoms with van der Waals surface area (Å²) < 4.78 is 39.6. The van der Waals surface area contributed by atoms with Crippen LogP contribution in [0.4, 0.5) is 13.2 Å². The first-order valence-electron chi connectivity index (χ1n) is 4.44. The summed E-state index contributed by atoms with van der Waals surface area (Å²) in [7, 11) is 0. The van der Waals surface area contributed by atoms with Crippen LogP contribution >= 0.6 is 0 Å². The lowest BCUT2D eigenvalue weighted by atomic mass is 10.2. The lowest BCUT2D eigenvalue weighted by molar-refractivity contribution is -0.274. The van der Waals surface area contributed by atoms with Gasteiger partial charge in [0, 0.05) is 17.5 Å². The number of pyridine rings is 1. The third kappa shape index (κ3) is 2.49. The van der Waals surface area contributed by atoms with Crippen molar-refractivity contribution in [3.63, 3.8) is 0 Å². The van der Waals surface area contributed by atoms with Gasteiger partial charge in [0.1, 0.15) is 11.5 Å². The molecule has 90 valence electrons. The Hall–Kier alpha value is -2.18. The highest BCUT2D eigenvalue weighted by Crippen LogP contribution is 2.31. The van der Waals surface area contributed by atoms with E-state index in [1.165, 1.54) is 6.07 Å². The van der Waals surface area contributed by atoms with E-state index in [9.17, 15) is 18.3 Å². The van der Waals surface area contributed by atoms with Gasteiger partial charge < -0.3 is 14.9 Å². The Kier molecular flexibility index (Phi) is 2.45. The summed E-state index contributed by atoms with van der Waals surface area (Å²) in [6, 6.07) is 4.24. The summed E-state index contributed by atoms with van der Waals surface area (Å²) in [5, 5.41) is 18.7. The van der Waals surface area contributed by atoms with Crippen molar-refractivity contribution in [1.29, 1.82) is 0 Å². The average molecular weight is 245 g/mol. The number of halogens is 3. The fourth-order valence-corrected chi connectivity index (χ4v) is 1.37. The van der Waals surface area contributed by atoms with Crippen LogP contribution in [0.2, 0.25) is 0 Å². The van der Waals surface area contributed by atoms with Gasteiger partial charge in [-0.2, -0.15) is 0 Å².